The Bertz CT molecular complexity index is 421. The van der Waals surface area contributed by atoms with E-state index >= 15 is 0 Å². The third kappa shape index (κ3) is 4.89. The van der Waals surface area contributed by atoms with Crippen molar-refractivity contribution < 1.29 is 19.7 Å². The van der Waals surface area contributed by atoms with Gasteiger partial charge in [0.1, 0.15) is 5.75 Å². The van der Waals surface area contributed by atoms with Crippen molar-refractivity contribution >= 4 is 5.91 Å². The summed E-state index contributed by atoms with van der Waals surface area (Å²) in [6, 6.07) is 5.71. The van der Waals surface area contributed by atoms with E-state index in [4.69, 9.17) is 14.9 Å². The third-order valence-electron chi connectivity index (χ3n) is 2.70. The molecule has 0 fully saturated rings. The standard InChI is InChI=1S/C14H21NO4/c1-10-4-11(2)6-12(5-10)19-7-13(18)15-14(3,8-16)9-17/h4-6,16-17H,7-9H2,1-3H3,(H,15,18). The molecule has 0 radical (unpaired) electrons. The van der Waals surface area contributed by atoms with E-state index in [0.717, 1.165) is 11.1 Å². The minimum absolute atomic E-state index is 0.154. The number of ether oxygens (including phenoxy) is 1. The fourth-order valence-corrected chi connectivity index (χ4v) is 1.67. The quantitative estimate of drug-likeness (QED) is 0.703. The van der Waals surface area contributed by atoms with Gasteiger partial charge in [-0.2, -0.15) is 0 Å². The van der Waals surface area contributed by atoms with Crippen molar-refractivity contribution in [1.29, 1.82) is 0 Å². The Balaban J connectivity index is 2.54. The van der Waals surface area contributed by atoms with Gasteiger partial charge in [0, 0.05) is 0 Å². The van der Waals surface area contributed by atoms with Crippen LogP contribution < -0.4 is 10.1 Å². The number of aliphatic hydroxyl groups excluding tert-OH is 2. The van der Waals surface area contributed by atoms with E-state index < -0.39 is 5.54 Å². The van der Waals surface area contributed by atoms with Crippen LogP contribution in [0.1, 0.15) is 18.1 Å². The second-order valence-electron chi connectivity index (χ2n) is 5.04. The summed E-state index contributed by atoms with van der Waals surface area (Å²) in [4.78, 5) is 11.7. The molecule has 1 aromatic rings. The Kier molecular flexibility index (Phi) is 5.32. The van der Waals surface area contributed by atoms with Crippen LogP contribution in [0, 0.1) is 13.8 Å². The van der Waals surface area contributed by atoms with Crippen molar-refractivity contribution in [3.05, 3.63) is 29.3 Å². The van der Waals surface area contributed by atoms with Crippen molar-refractivity contribution in [2.75, 3.05) is 19.8 Å². The molecular weight excluding hydrogens is 246 g/mol. The average molecular weight is 267 g/mol. The maximum absolute atomic E-state index is 11.7. The lowest BCUT2D eigenvalue weighted by Gasteiger charge is -2.26. The molecule has 0 aliphatic carbocycles. The lowest BCUT2D eigenvalue weighted by molar-refractivity contribution is -0.126. The summed E-state index contributed by atoms with van der Waals surface area (Å²) in [6.45, 7) is 4.64. The summed E-state index contributed by atoms with van der Waals surface area (Å²) in [7, 11) is 0. The third-order valence-corrected chi connectivity index (χ3v) is 2.70. The molecule has 106 valence electrons. The number of nitrogens with one attached hydrogen (secondary N) is 1. The van der Waals surface area contributed by atoms with E-state index in [-0.39, 0.29) is 25.7 Å². The van der Waals surface area contributed by atoms with E-state index in [1.807, 2.05) is 32.0 Å². The number of amides is 1. The van der Waals surface area contributed by atoms with Crippen LogP contribution in [0.15, 0.2) is 18.2 Å². The lowest BCUT2D eigenvalue weighted by Crippen LogP contribution is -2.53. The van der Waals surface area contributed by atoms with E-state index in [1.165, 1.54) is 0 Å². The van der Waals surface area contributed by atoms with Crippen LogP contribution in [-0.2, 0) is 4.79 Å². The molecule has 0 aromatic heterocycles. The molecule has 5 nitrogen and oxygen atoms in total. The van der Waals surface area contributed by atoms with Crippen LogP contribution in [0.2, 0.25) is 0 Å². The first-order chi connectivity index (χ1) is 8.88. The van der Waals surface area contributed by atoms with Crippen molar-refractivity contribution in [1.82, 2.24) is 5.32 Å². The zero-order valence-corrected chi connectivity index (χ0v) is 11.6. The Labute approximate surface area is 113 Å². The summed E-state index contributed by atoms with van der Waals surface area (Å²) >= 11 is 0. The Morgan fingerprint density at radius 2 is 1.74 bits per heavy atom. The van der Waals surface area contributed by atoms with E-state index in [2.05, 4.69) is 5.32 Å². The molecule has 0 saturated carbocycles. The van der Waals surface area contributed by atoms with Crippen LogP contribution in [-0.4, -0.2) is 41.5 Å². The van der Waals surface area contributed by atoms with Gasteiger partial charge in [-0.3, -0.25) is 4.79 Å². The minimum atomic E-state index is -1.02. The number of aliphatic hydroxyl groups is 2. The maximum Gasteiger partial charge on any atom is 0.258 e. The van der Waals surface area contributed by atoms with Gasteiger partial charge in [0.25, 0.3) is 5.91 Å². The molecule has 0 heterocycles. The SMILES string of the molecule is Cc1cc(C)cc(OCC(=O)NC(C)(CO)CO)c1. The summed E-state index contributed by atoms with van der Waals surface area (Å²) in [6.07, 6.45) is 0. The van der Waals surface area contributed by atoms with Gasteiger partial charge < -0.3 is 20.3 Å². The topological polar surface area (TPSA) is 78.8 Å². The van der Waals surface area contributed by atoms with Crippen LogP contribution in [0.3, 0.4) is 0 Å². The van der Waals surface area contributed by atoms with Gasteiger partial charge in [0.2, 0.25) is 0 Å². The number of carbonyl (C=O) groups excluding carboxylic acids is 1. The van der Waals surface area contributed by atoms with Crippen LogP contribution in [0.25, 0.3) is 0 Å². The minimum Gasteiger partial charge on any atom is -0.484 e. The van der Waals surface area contributed by atoms with E-state index in [9.17, 15) is 4.79 Å². The predicted molar refractivity (Wildman–Crippen MR) is 72.1 cm³/mol. The molecule has 0 unspecified atom stereocenters. The number of hydrogen-bond acceptors (Lipinski definition) is 4. The summed E-state index contributed by atoms with van der Waals surface area (Å²) in [5.41, 5.74) is 1.10. The Morgan fingerprint density at radius 1 is 1.21 bits per heavy atom. The van der Waals surface area contributed by atoms with Gasteiger partial charge in [-0.25, -0.2) is 0 Å². The van der Waals surface area contributed by atoms with Crippen molar-refractivity contribution in [3.8, 4) is 5.75 Å². The average Bonchev–Trinajstić information content (AvgIpc) is 2.35. The summed E-state index contributed by atoms with van der Waals surface area (Å²) < 4.78 is 5.39. The molecule has 0 atom stereocenters. The second kappa shape index (κ2) is 6.54. The first-order valence-corrected chi connectivity index (χ1v) is 6.12. The number of aryl methyl sites for hydroxylation is 2. The molecule has 3 N–H and O–H groups in total. The molecule has 0 saturated heterocycles. The Morgan fingerprint density at radius 3 is 2.21 bits per heavy atom. The highest BCUT2D eigenvalue weighted by Gasteiger charge is 2.24. The zero-order chi connectivity index (χ0) is 14.5. The van der Waals surface area contributed by atoms with Gasteiger partial charge in [-0.05, 0) is 44.0 Å². The normalized spacial score (nSPS) is 11.2. The van der Waals surface area contributed by atoms with Gasteiger partial charge in [-0.15, -0.1) is 0 Å². The van der Waals surface area contributed by atoms with Gasteiger partial charge in [-0.1, -0.05) is 6.07 Å². The molecule has 0 bridgehead atoms. The van der Waals surface area contributed by atoms with Crippen molar-refractivity contribution in [2.24, 2.45) is 0 Å². The van der Waals surface area contributed by atoms with Gasteiger partial charge >= 0.3 is 0 Å². The van der Waals surface area contributed by atoms with Crippen LogP contribution >= 0.6 is 0 Å². The highest BCUT2D eigenvalue weighted by Crippen LogP contribution is 2.16. The van der Waals surface area contributed by atoms with Crippen molar-refractivity contribution in [2.45, 2.75) is 26.3 Å². The molecule has 0 aliphatic rings. The fourth-order valence-electron chi connectivity index (χ4n) is 1.67. The predicted octanol–water partition coefficient (Wildman–Crippen LogP) is 0.542. The molecule has 1 amide bonds. The Hall–Kier alpha value is -1.59. The molecule has 0 spiro atoms. The molecule has 1 aromatic carbocycles. The number of rotatable bonds is 6. The maximum atomic E-state index is 11.7. The van der Waals surface area contributed by atoms with E-state index in [1.54, 1.807) is 6.92 Å². The molecular formula is C14H21NO4. The van der Waals surface area contributed by atoms with Gasteiger partial charge in [0.05, 0.1) is 18.8 Å². The number of benzene rings is 1. The highest BCUT2D eigenvalue weighted by atomic mass is 16.5. The highest BCUT2D eigenvalue weighted by molar-refractivity contribution is 5.78. The summed E-state index contributed by atoms with van der Waals surface area (Å²) in [5, 5.41) is 20.7. The lowest BCUT2D eigenvalue weighted by atomic mass is 10.1. The first kappa shape index (κ1) is 15.5. The van der Waals surface area contributed by atoms with Crippen LogP contribution in [0.4, 0.5) is 0 Å². The number of carbonyl (C=O) groups is 1. The molecule has 5 heteroatoms. The molecule has 0 aliphatic heterocycles. The van der Waals surface area contributed by atoms with E-state index in [0.29, 0.717) is 5.75 Å². The summed E-state index contributed by atoms with van der Waals surface area (Å²) in [5.74, 6) is 0.243. The smallest absolute Gasteiger partial charge is 0.258 e. The largest absolute Gasteiger partial charge is 0.484 e. The fraction of sp³-hybridized carbons (Fsp3) is 0.500. The molecule has 19 heavy (non-hydrogen) atoms. The number of hydrogen-bond donors (Lipinski definition) is 3. The van der Waals surface area contributed by atoms with Crippen LogP contribution in [0.5, 0.6) is 5.75 Å². The first-order valence-electron chi connectivity index (χ1n) is 6.12. The van der Waals surface area contributed by atoms with Gasteiger partial charge in [0.15, 0.2) is 6.61 Å². The molecule has 1 rings (SSSR count). The monoisotopic (exact) mass is 267 g/mol. The second-order valence-corrected chi connectivity index (χ2v) is 5.04. The van der Waals surface area contributed by atoms with Crippen molar-refractivity contribution in [3.63, 3.8) is 0 Å². The zero-order valence-electron chi connectivity index (χ0n) is 11.6.